The number of amides is 1. The highest BCUT2D eigenvalue weighted by atomic mass is 35.5. The topological polar surface area (TPSA) is 82.6 Å². The fourth-order valence-corrected chi connectivity index (χ4v) is 5.67. The Kier molecular flexibility index (Phi) is 6.17. The highest BCUT2D eigenvalue weighted by Crippen LogP contribution is 2.27. The van der Waals surface area contributed by atoms with Gasteiger partial charge in [0, 0.05) is 36.9 Å². The lowest BCUT2D eigenvalue weighted by molar-refractivity contribution is 0.0750. The SMILES string of the molecule is Cc1nc(NS(=O)(=O)c2ccc(Cl)cc2)sc1C(=O)N1CCN(c2ccccc2)CC1. The minimum absolute atomic E-state index is 0.0784. The number of aryl methyl sites for hydroxylation is 1. The largest absolute Gasteiger partial charge is 0.368 e. The van der Waals surface area contributed by atoms with Crippen LogP contribution >= 0.6 is 22.9 Å². The number of nitrogens with zero attached hydrogens (tertiary/aromatic N) is 3. The van der Waals surface area contributed by atoms with E-state index in [1.54, 1.807) is 11.8 Å². The van der Waals surface area contributed by atoms with Crippen LogP contribution in [0.5, 0.6) is 0 Å². The van der Waals surface area contributed by atoms with E-state index in [0.717, 1.165) is 30.1 Å². The van der Waals surface area contributed by atoms with Crippen LogP contribution < -0.4 is 9.62 Å². The second kappa shape index (κ2) is 8.86. The van der Waals surface area contributed by atoms with Gasteiger partial charge in [-0.05, 0) is 43.3 Å². The number of hydrogen-bond acceptors (Lipinski definition) is 6. The first-order chi connectivity index (χ1) is 14.8. The maximum absolute atomic E-state index is 13.0. The Morgan fingerprint density at radius 2 is 1.68 bits per heavy atom. The number of sulfonamides is 1. The van der Waals surface area contributed by atoms with Crippen LogP contribution in [0.3, 0.4) is 0 Å². The molecule has 162 valence electrons. The summed E-state index contributed by atoms with van der Waals surface area (Å²) < 4.78 is 27.6. The molecule has 2 heterocycles. The van der Waals surface area contributed by atoms with Crippen molar-refractivity contribution in [2.24, 2.45) is 0 Å². The van der Waals surface area contributed by atoms with Crippen LogP contribution in [0.1, 0.15) is 15.4 Å². The van der Waals surface area contributed by atoms with E-state index < -0.39 is 10.0 Å². The van der Waals surface area contributed by atoms with Crippen LogP contribution in [0.4, 0.5) is 10.8 Å². The summed E-state index contributed by atoms with van der Waals surface area (Å²) in [6.45, 7) is 4.38. The number of carbonyl (C=O) groups excluding carboxylic acids is 1. The Labute approximate surface area is 190 Å². The zero-order chi connectivity index (χ0) is 22.0. The number of para-hydroxylation sites is 1. The van der Waals surface area contributed by atoms with E-state index in [4.69, 9.17) is 11.6 Å². The minimum Gasteiger partial charge on any atom is -0.368 e. The van der Waals surface area contributed by atoms with Crippen molar-refractivity contribution in [2.75, 3.05) is 35.8 Å². The van der Waals surface area contributed by atoms with Gasteiger partial charge in [0.1, 0.15) is 4.88 Å². The molecule has 3 aromatic rings. The van der Waals surface area contributed by atoms with Gasteiger partial charge >= 0.3 is 0 Å². The van der Waals surface area contributed by atoms with Crippen molar-refractivity contribution in [1.82, 2.24) is 9.88 Å². The molecule has 1 N–H and O–H groups in total. The third-order valence-corrected chi connectivity index (χ3v) is 7.82. The monoisotopic (exact) mass is 476 g/mol. The van der Waals surface area contributed by atoms with Crippen molar-refractivity contribution >= 4 is 49.7 Å². The molecule has 0 spiro atoms. The van der Waals surface area contributed by atoms with E-state index in [2.05, 4.69) is 26.7 Å². The summed E-state index contributed by atoms with van der Waals surface area (Å²) >= 11 is 6.88. The molecule has 0 atom stereocenters. The number of carbonyl (C=O) groups is 1. The smallest absolute Gasteiger partial charge is 0.266 e. The van der Waals surface area contributed by atoms with Gasteiger partial charge in [-0.2, -0.15) is 0 Å². The Morgan fingerprint density at radius 1 is 1.03 bits per heavy atom. The summed E-state index contributed by atoms with van der Waals surface area (Å²) in [6.07, 6.45) is 0. The molecule has 10 heteroatoms. The van der Waals surface area contributed by atoms with E-state index in [1.807, 2.05) is 18.2 Å². The zero-order valence-electron chi connectivity index (χ0n) is 16.8. The molecule has 7 nitrogen and oxygen atoms in total. The van der Waals surface area contributed by atoms with Gasteiger partial charge in [0.2, 0.25) is 0 Å². The molecule has 0 radical (unpaired) electrons. The molecule has 4 rings (SSSR count). The van der Waals surface area contributed by atoms with Crippen molar-refractivity contribution in [1.29, 1.82) is 0 Å². The van der Waals surface area contributed by atoms with Crippen LogP contribution in [0.15, 0.2) is 59.5 Å². The fourth-order valence-electron chi connectivity index (χ4n) is 3.38. The van der Waals surface area contributed by atoms with E-state index in [-0.39, 0.29) is 15.9 Å². The molecule has 1 amide bonds. The van der Waals surface area contributed by atoms with Crippen LogP contribution in [0.25, 0.3) is 0 Å². The summed E-state index contributed by atoms with van der Waals surface area (Å²) in [5, 5.41) is 0.614. The third-order valence-electron chi connectivity index (χ3n) is 5.02. The predicted octanol–water partition coefficient (Wildman–Crippen LogP) is 3.87. The summed E-state index contributed by atoms with van der Waals surface area (Å²) in [6, 6.07) is 16.0. The van der Waals surface area contributed by atoms with E-state index in [9.17, 15) is 13.2 Å². The predicted molar refractivity (Wildman–Crippen MR) is 124 cm³/mol. The van der Waals surface area contributed by atoms with Crippen molar-refractivity contribution in [3.05, 3.63) is 70.2 Å². The highest BCUT2D eigenvalue weighted by Gasteiger charge is 2.26. The Balaban J connectivity index is 1.44. The number of rotatable bonds is 5. The van der Waals surface area contributed by atoms with Gasteiger partial charge in [-0.25, -0.2) is 13.4 Å². The minimum atomic E-state index is -3.81. The van der Waals surface area contributed by atoms with E-state index in [0.29, 0.717) is 28.7 Å². The number of anilines is 2. The van der Waals surface area contributed by atoms with Crippen LogP contribution in [0, 0.1) is 6.92 Å². The van der Waals surface area contributed by atoms with Gasteiger partial charge in [0.25, 0.3) is 15.9 Å². The van der Waals surface area contributed by atoms with Gasteiger partial charge in [-0.1, -0.05) is 41.1 Å². The number of aromatic nitrogens is 1. The molecule has 0 unspecified atom stereocenters. The lowest BCUT2D eigenvalue weighted by atomic mass is 10.2. The molecule has 0 bridgehead atoms. The van der Waals surface area contributed by atoms with Gasteiger partial charge in [0.15, 0.2) is 5.13 Å². The van der Waals surface area contributed by atoms with Crippen molar-refractivity contribution in [3.63, 3.8) is 0 Å². The second-order valence-corrected chi connectivity index (χ2v) is 10.2. The van der Waals surface area contributed by atoms with Crippen LogP contribution in [-0.2, 0) is 10.0 Å². The normalized spacial score (nSPS) is 14.5. The first-order valence-electron chi connectivity index (χ1n) is 9.68. The second-order valence-electron chi connectivity index (χ2n) is 7.11. The summed E-state index contributed by atoms with van der Waals surface area (Å²) in [5.74, 6) is -0.125. The maximum Gasteiger partial charge on any atom is 0.266 e. The molecule has 1 aliphatic heterocycles. The van der Waals surface area contributed by atoms with Crippen LogP contribution in [-0.4, -0.2) is 50.4 Å². The van der Waals surface area contributed by atoms with Crippen molar-refractivity contribution in [2.45, 2.75) is 11.8 Å². The number of piperazine rings is 1. The molecular weight excluding hydrogens is 456 g/mol. The molecule has 1 fully saturated rings. The zero-order valence-corrected chi connectivity index (χ0v) is 19.2. The molecule has 0 saturated carbocycles. The summed E-state index contributed by atoms with van der Waals surface area (Å²) in [7, 11) is -3.81. The number of thiazole rings is 1. The molecule has 31 heavy (non-hydrogen) atoms. The molecule has 1 aromatic heterocycles. The lowest BCUT2D eigenvalue weighted by Crippen LogP contribution is -2.48. The number of halogens is 1. The number of nitrogens with one attached hydrogen (secondary N) is 1. The molecule has 2 aromatic carbocycles. The summed E-state index contributed by atoms with van der Waals surface area (Å²) in [5.41, 5.74) is 1.65. The van der Waals surface area contributed by atoms with Gasteiger partial charge in [-0.3, -0.25) is 9.52 Å². The van der Waals surface area contributed by atoms with Gasteiger partial charge in [0.05, 0.1) is 10.6 Å². The fraction of sp³-hybridized carbons (Fsp3) is 0.238. The van der Waals surface area contributed by atoms with Crippen LogP contribution in [0.2, 0.25) is 5.02 Å². The average Bonchev–Trinajstić information content (AvgIpc) is 3.13. The lowest BCUT2D eigenvalue weighted by Gasteiger charge is -2.36. The molecule has 1 aliphatic rings. The van der Waals surface area contributed by atoms with E-state index in [1.165, 1.54) is 24.3 Å². The molecular formula is C21H21ClN4O3S2. The van der Waals surface area contributed by atoms with E-state index >= 15 is 0 Å². The van der Waals surface area contributed by atoms with Crippen molar-refractivity contribution < 1.29 is 13.2 Å². The Hall–Kier alpha value is -2.62. The maximum atomic E-state index is 13.0. The number of benzene rings is 2. The molecule has 0 aliphatic carbocycles. The standard InChI is InChI=1S/C21H21ClN4O3S2/c1-15-19(20(27)26-13-11-25(12-14-26)17-5-3-2-4-6-17)30-21(23-15)24-31(28,29)18-9-7-16(22)8-10-18/h2-10H,11-14H2,1H3,(H,23,24). The van der Waals surface area contributed by atoms with Gasteiger partial charge < -0.3 is 9.80 Å². The third kappa shape index (κ3) is 4.84. The van der Waals surface area contributed by atoms with Crippen molar-refractivity contribution in [3.8, 4) is 0 Å². The molecule has 1 saturated heterocycles. The first-order valence-corrected chi connectivity index (χ1v) is 12.4. The Bertz CT molecular complexity index is 1170. The van der Waals surface area contributed by atoms with Gasteiger partial charge in [-0.15, -0.1) is 0 Å². The quantitative estimate of drug-likeness (QED) is 0.604. The first kappa shape index (κ1) is 21.6. The number of hydrogen-bond donors (Lipinski definition) is 1. The average molecular weight is 477 g/mol. The highest BCUT2D eigenvalue weighted by molar-refractivity contribution is 7.93. The summed E-state index contributed by atoms with van der Waals surface area (Å²) in [4.78, 5) is 21.9. The Morgan fingerprint density at radius 3 is 2.32 bits per heavy atom.